The van der Waals surface area contributed by atoms with E-state index < -0.39 is 5.97 Å². The van der Waals surface area contributed by atoms with E-state index in [-0.39, 0.29) is 0 Å². The Kier molecular flexibility index (Phi) is 16.4. The van der Waals surface area contributed by atoms with Gasteiger partial charge in [-0.25, -0.2) is 0 Å². The molecule has 3 heteroatoms. The third kappa shape index (κ3) is 19.4. The van der Waals surface area contributed by atoms with Crippen molar-refractivity contribution in [3.05, 3.63) is 0 Å². The highest BCUT2D eigenvalue weighted by molar-refractivity contribution is 5.66. The van der Waals surface area contributed by atoms with Crippen LogP contribution in [0.5, 0.6) is 0 Å². The summed E-state index contributed by atoms with van der Waals surface area (Å²) in [4.78, 5) is 10.4. The van der Waals surface area contributed by atoms with Crippen LogP contribution in [0.4, 0.5) is 0 Å². The van der Waals surface area contributed by atoms with Gasteiger partial charge >= 0.3 is 5.97 Å². The summed E-state index contributed by atoms with van der Waals surface area (Å²) in [7, 11) is 0. The van der Waals surface area contributed by atoms with E-state index in [1.54, 1.807) is 0 Å². The lowest BCUT2D eigenvalue weighted by atomic mass is 10.0. The van der Waals surface area contributed by atoms with Gasteiger partial charge in [0, 0.05) is 13.0 Å². The van der Waals surface area contributed by atoms with Crippen molar-refractivity contribution in [3.8, 4) is 0 Å². The van der Waals surface area contributed by atoms with E-state index in [9.17, 15) is 4.79 Å². The summed E-state index contributed by atoms with van der Waals surface area (Å²) >= 11 is 0. The van der Waals surface area contributed by atoms with Crippen molar-refractivity contribution < 1.29 is 14.6 Å². The van der Waals surface area contributed by atoms with Crippen LogP contribution in [-0.4, -0.2) is 23.8 Å². The second-order valence-electron chi connectivity index (χ2n) is 6.66. The summed E-state index contributed by atoms with van der Waals surface area (Å²) in [6, 6.07) is 0. The summed E-state index contributed by atoms with van der Waals surface area (Å²) in [5.41, 5.74) is 0. The summed E-state index contributed by atoms with van der Waals surface area (Å²) < 4.78 is 5.53. The number of hydrogen-bond donors (Lipinski definition) is 1. The average molecular weight is 315 g/mol. The molecule has 0 aromatic heterocycles. The molecule has 0 aliphatic rings. The van der Waals surface area contributed by atoms with Crippen molar-refractivity contribution in [2.75, 3.05) is 6.61 Å². The fraction of sp³-hybridized carbons (Fsp3) is 0.947. The molecule has 0 rings (SSSR count). The molecule has 0 saturated heterocycles. The topological polar surface area (TPSA) is 46.5 Å². The maximum Gasteiger partial charge on any atom is 0.303 e. The fourth-order valence-corrected chi connectivity index (χ4v) is 2.64. The van der Waals surface area contributed by atoms with Crippen LogP contribution in [0.1, 0.15) is 104 Å². The van der Waals surface area contributed by atoms with Gasteiger partial charge in [0.05, 0.1) is 6.10 Å². The van der Waals surface area contributed by atoms with Crippen LogP contribution in [-0.2, 0) is 9.53 Å². The molecule has 0 unspecified atom stereocenters. The van der Waals surface area contributed by atoms with Crippen molar-refractivity contribution in [1.29, 1.82) is 0 Å². The smallest absolute Gasteiger partial charge is 0.303 e. The molecule has 0 atom stereocenters. The summed E-state index contributed by atoms with van der Waals surface area (Å²) in [6.45, 7) is 5.11. The van der Waals surface area contributed by atoms with E-state index in [1.165, 1.54) is 70.6 Å². The van der Waals surface area contributed by atoms with E-state index in [2.05, 4.69) is 13.8 Å². The summed E-state index contributed by atoms with van der Waals surface area (Å²) in [6.07, 6.45) is 17.1. The number of carbonyl (C=O) groups is 1. The van der Waals surface area contributed by atoms with Gasteiger partial charge in [-0.3, -0.25) is 4.79 Å². The molecule has 0 aliphatic heterocycles. The van der Waals surface area contributed by atoms with Crippen molar-refractivity contribution in [2.24, 2.45) is 0 Å². The minimum Gasteiger partial charge on any atom is -0.481 e. The number of aliphatic carboxylic acids is 1. The summed E-state index contributed by atoms with van der Waals surface area (Å²) in [5, 5.41) is 8.53. The molecule has 0 spiro atoms. The lowest BCUT2D eigenvalue weighted by molar-refractivity contribution is -0.137. The van der Waals surface area contributed by atoms with Crippen LogP contribution in [0.2, 0.25) is 0 Å². The third-order valence-electron chi connectivity index (χ3n) is 3.99. The molecular weight excluding hydrogens is 276 g/mol. The standard InChI is InChI=1S/C19H38O3/c1-18(2)22-17-15-13-11-9-7-5-3-4-6-8-10-12-14-16-19(20)21/h18H,3-17H2,1-2H3,(H,20,21). The minimum atomic E-state index is -0.660. The third-order valence-corrected chi connectivity index (χ3v) is 3.99. The van der Waals surface area contributed by atoms with Gasteiger partial charge in [0.1, 0.15) is 0 Å². The average Bonchev–Trinajstić information content (AvgIpc) is 2.46. The molecule has 22 heavy (non-hydrogen) atoms. The van der Waals surface area contributed by atoms with Crippen LogP contribution in [0.25, 0.3) is 0 Å². The number of hydrogen-bond acceptors (Lipinski definition) is 2. The van der Waals surface area contributed by atoms with Gasteiger partial charge in [0.25, 0.3) is 0 Å². The minimum absolute atomic E-state index is 0.337. The first-order valence-electron chi connectivity index (χ1n) is 9.46. The molecule has 0 saturated carbocycles. The highest BCUT2D eigenvalue weighted by Gasteiger charge is 1.97. The molecule has 0 fully saturated rings. The zero-order valence-corrected chi connectivity index (χ0v) is 14.9. The second-order valence-corrected chi connectivity index (χ2v) is 6.66. The van der Waals surface area contributed by atoms with Gasteiger partial charge in [-0.15, -0.1) is 0 Å². The first-order valence-corrected chi connectivity index (χ1v) is 9.46. The lowest BCUT2D eigenvalue weighted by Gasteiger charge is -2.06. The van der Waals surface area contributed by atoms with Gasteiger partial charge in [-0.05, 0) is 26.7 Å². The Hall–Kier alpha value is -0.570. The molecule has 0 aromatic carbocycles. The maximum atomic E-state index is 10.4. The van der Waals surface area contributed by atoms with Crippen LogP contribution in [0.3, 0.4) is 0 Å². The molecule has 0 bridgehead atoms. The Morgan fingerprint density at radius 3 is 1.45 bits per heavy atom. The van der Waals surface area contributed by atoms with Crippen molar-refractivity contribution in [3.63, 3.8) is 0 Å². The molecule has 0 aromatic rings. The first-order chi connectivity index (χ1) is 10.6. The van der Waals surface area contributed by atoms with Gasteiger partial charge < -0.3 is 9.84 Å². The number of rotatable bonds is 17. The zero-order valence-electron chi connectivity index (χ0n) is 14.9. The molecule has 0 aliphatic carbocycles. The largest absolute Gasteiger partial charge is 0.481 e. The van der Waals surface area contributed by atoms with Crippen molar-refractivity contribution >= 4 is 5.97 Å². The van der Waals surface area contributed by atoms with E-state index in [0.29, 0.717) is 12.5 Å². The van der Waals surface area contributed by atoms with Crippen molar-refractivity contribution in [2.45, 2.75) is 110 Å². The predicted molar refractivity (Wildman–Crippen MR) is 93.4 cm³/mol. The first kappa shape index (κ1) is 21.4. The molecular formula is C19H38O3. The Balaban J connectivity index is 2.98. The highest BCUT2D eigenvalue weighted by atomic mass is 16.5. The number of carboxylic acid groups (broad SMARTS) is 1. The number of carboxylic acids is 1. The van der Waals surface area contributed by atoms with Gasteiger partial charge in [-0.2, -0.15) is 0 Å². The molecule has 0 heterocycles. The SMILES string of the molecule is CC(C)OCCCCCCCCCCCCCCCC(=O)O. The number of unbranched alkanes of at least 4 members (excludes halogenated alkanes) is 12. The van der Waals surface area contributed by atoms with Gasteiger partial charge in [-0.1, -0.05) is 70.6 Å². The highest BCUT2D eigenvalue weighted by Crippen LogP contribution is 2.13. The lowest BCUT2D eigenvalue weighted by Crippen LogP contribution is -2.03. The second kappa shape index (κ2) is 16.8. The Bertz CT molecular complexity index is 239. The van der Waals surface area contributed by atoms with Crippen molar-refractivity contribution in [1.82, 2.24) is 0 Å². The zero-order chi connectivity index (χ0) is 16.5. The van der Waals surface area contributed by atoms with E-state index in [1.807, 2.05) is 0 Å². The van der Waals surface area contributed by atoms with E-state index >= 15 is 0 Å². The van der Waals surface area contributed by atoms with Crippen LogP contribution in [0.15, 0.2) is 0 Å². The molecule has 3 nitrogen and oxygen atoms in total. The monoisotopic (exact) mass is 314 g/mol. The Labute approximate surface area is 137 Å². The van der Waals surface area contributed by atoms with Crippen LogP contribution >= 0.6 is 0 Å². The Morgan fingerprint density at radius 1 is 0.727 bits per heavy atom. The molecule has 0 radical (unpaired) electrons. The Morgan fingerprint density at radius 2 is 1.09 bits per heavy atom. The fourth-order valence-electron chi connectivity index (χ4n) is 2.64. The maximum absolute atomic E-state index is 10.4. The normalized spacial score (nSPS) is 11.2. The van der Waals surface area contributed by atoms with Crippen LogP contribution in [0, 0.1) is 0 Å². The summed E-state index contributed by atoms with van der Waals surface area (Å²) in [5.74, 6) is -0.660. The van der Waals surface area contributed by atoms with E-state index in [0.717, 1.165) is 19.4 Å². The van der Waals surface area contributed by atoms with Gasteiger partial charge in [0.15, 0.2) is 0 Å². The molecule has 1 N–H and O–H groups in total. The van der Waals surface area contributed by atoms with E-state index in [4.69, 9.17) is 9.84 Å². The quantitative estimate of drug-likeness (QED) is 0.337. The molecule has 132 valence electrons. The van der Waals surface area contributed by atoms with Crippen LogP contribution < -0.4 is 0 Å². The molecule has 0 amide bonds. The predicted octanol–water partition coefficient (Wildman–Crippen LogP) is 5.96. The van der Waals surface area contributed by atoms with Gasteiger partial charge in [0.2, 0.25) is 0 Å². The number of ether oxygens (including phenoxy) is 1.